The maximum atomic E-state index is 5.98. The van der Waals surface area contributed by atoms with Gasteiger partial charge in [0.05, 0.1) is 12.7 Å². The van der Waals surface area contributed by atoms with Crippen molar-refractivity contribution < 1.29 is 4.74 Å². The highest BCUT2D eigenvalue weighted by atomic mass is 16.5. The molecule has 2 fully saturated rings. The first-order valence-electron chi connectivity index (χ1n) is 7.69. The van der Waals surface area contributed by atoms with Gasteiger partial charge < -0.3 is 10.1 Å². The van der Waals surface area contributed by atoms with E-state index >= 15 is 0 Å². The summed E-state index contributed by atoms with van der Waals surface area (Å²) in [5.41, 5.74) is 0. The van der Waals surface area contributed by atoms with E-state index in [0.29, 0.717) is 6.10 Å². The normalized spacial score (nSPS) is 31.6. The Balaban J connectivity index is 1.50. The zero-order valence-corrected chi connectivity index (χ0v) is 11.4. The predicted octanol–water partition coefficient (Wildman–Crippen LogP) is 3.50. The van der Waals surface area contributed by atoms with Gasteiger partial charge in [-0.3, -0.25) is 0 Å². The highest BCUT2D eigenvalue weighted by Crippen LogP contribution is 2.25. The summed E-state index contributed by atoms with van der Waals surface area (Å²) < 4.78 is 5.98. The molecular formula is C15H29NO. The maximum absolute atomic E-state index is 5.98. The summed E-state index contributed by atoms with van der Waals surface area (Å²) >= 11 is 0. The number of rotatable bonds is 5. The minimum absolute atomic E-state index is 0.548. The molecule has 2 aliphatic rings. The van der Waals surface area contributed by atoms with E-state index in [1.54, 1.807) is 0 Å². The molecule has 2 atom stereocenters. The minimum Gasteiger partial charge on any atom is -0.377 e. The second-order valence-electron chi connectivity index (χ2n) is 6.05. The fourth-order valence-corrected chi connectivity index (χ4v) is 3.33. The lowest BCUT2D eigenvalue weighted by Crippen LogP contribution is -2.34. The fraction of sp³-hybridized carbons (Fsp3) is 1.00. The van der Waals surface area contributed by atoms with Gasteiger partial charge in [-0.2, -0.15) is 0 Å². The van der Waals surface area contributed by atoms with E-state index in [0.717, 1.165) is 25.1 Å². The van der Waals surface area contributed by atoms with E-state index in [4.69, 9.17) is 4.74 Å². The van der Waals surface area contributed by atoms with Crippen LogP contribution in [0.2, 0.25) is 0 Å². The molecule has 2 aliphatic carbocycles. The van der Waals surface area contributed by atoms with Gasteiger partial charge in [-0.25, -0.2) is 0 Å². The number of nitrogens with one attached hydrogen (secondary N) is 1. The lowest BCUT2D eigenvalue weighted by molar-refractivity contribution is 0.0162. The topological polar surface area (TPSA) is 21.3 Å². The highest BCUT2D eigenvalue weighted by molar-refractivity contribution is 4.73. The Kier molecular flexibility index (Phi) is 5.79. The molecule has 2 heteroatoms. The van der Waals surface area contributed by atoms with Crippen molar-refractivity contribution in [3.8, 4) is 0 Å². The third kappa shape index (κ3) is 4.97. The van der Waals surface area contributed by atoms with Crippen LogP contribution in [0.5, 0.6) is 0 Å². The molecule has 0 aromatic rings. The summed E-state index contributed by atoms with van der Waals surface area (Å²) in [5.74, 6) is 0.875. The van der Waals surface area contributed by atoms with Crippen molar-refractivity contribution in [2.24, 2.45) is 5.92 Å². The Hall–Kier alpha value is -0.0800. The van der Waals surface area contributed by atoms with Crippen LogP contribution in [0.3, 0.4) is 0 Å². The van der Waals surface area contributed by atoms with Crippen LogP contribution in [0.25, 0.3) is 0 Å². The van der Waals surface area contributed by atoms with Gasteiger partial charge in [0.1, 0.15) is 0 Å². The molecule has 0 radical (unpaired) electrons. The zero-order valence-electron chi connectivity index (χ0n) is 11.4. The molecular weight excluding hydrogens is 210 g/mol. The Morgan fingerprint density at radius 2 is 1.82 bits per heavy atom. The monoisotopic (exact) mass is 239 g/mol. The van der Waals surface area contributed by atoms with E-state index in [1.807, 2.05) is 0 Å². The first-order chi connectivity index (χ1) is 8.34. The van der Waals surface area contributed by atoms with Gasteiger partial charge in [0.2, 0.25) is 0 Å². The van der Waals surface area contributed by atoms with Crippen molar-refractivity contribution in [2.75, 3.05) is 13.2 Å². The van der Waals surface area contributed by atoms with Gasteiger partial charge in [-0.1, -0.05) is 39.0 Å². The Labute approximate surface area is 107 Å². The molecule has 0 amide bonds. The number of hydrogen-bond acceptors (Lipinski definition) is 2. The van der Waals surface area contributed by atoms with Gasteiger partial charge in [0.25, 0.3) is 0 Å². The predicted molar refractivity (Wildman–Crippen MR) is 72.2 cm³/mol. The maximum Gasteiger partial charge on any atom is 0.0594 e. The largest absolute Gasteiger partial charge is 0.377 e. The van der Waals surface area contributed by atoms with Gasteiger partial charge in [0.15, 0.2) is 0 Å². The molecule has 100 valence electrons. The average Bonchev–Trinajstić information content (AvgIpc) is 2.36. The molecule has 0 aromatic carbocycles. The van der Waals surface area contributed by atoms with Gasteiger partial charge in [0, 0.05) is 12.6 Å². The van der Waals surface area contributed by atoms with Gasteiger partial charge in [-0.05, 0) is 31.6 Å². The van der Waals surface area contributed by atoms with Crippen molar-refractivity contribution in [3.63, 3.8) is 0 Å². The second kappa shape index (κ2) is 7.38. The molecule has 0 saturated heterocycles. The summed E-state index contributed by atoms with van der Waals surface area (Å²) in [7, 11) is 0. The summed E-state index contributed by atoms with van der Waals surface area (Å²) in [4.78, 5) is 0. The van der Waals surface area contributed by atoms with Crippen molar-refractivity contribution in [2.45, 2.75) is 76.9 Å². The van der Waals surface area contributed by atoms with Crippen LogP contribution in [-0.2, 0) is 4.74 Å². The quantitative estimate of drug-likeness (QED) is 0.741. The molecule has 2 nitrogen and oxygen atoms in total. The molecule has 17 heavy (non-hydrogen) atoms. The van der Waals surface area contributed by atoms with Crippen LogP contribution in [0, 0.1) is 5.92 Å². The van der Waals surface area contributed by atoms with E-state index in [2.05, 4.69) is 12.2 Å². The van der Waals surface area contributed by atoms with Crippen LogP contribution in [0.1, 0.15) is 64.7 Å². The highest BCUT2D eigenvalue weighted by Gasteiger charge is 2.19. The fourth-order valence-electron chi connectivity index (χ4n) is 3.33. The lowest BCUT2D eigenvalue weighted by Gasteiger charge is -2.27. The Morgan fingerprint density at radius 3 is 2.59 bits per heavy atom. The molecule has 2 rings (SSSR count). The molecule has 2 saturated carbocycles. The van der Waals surface area contributed by atoms with Crippen molar-refractivity contribution >= 4 is 0 Å². The standard InChI is InChI=1S/C15H29NO/c1-13-6-5-9-15(12-13)17-11-10-16-14-7-3-2-4-8-14/h13-16H,2-12H2,1H3. The lowest BCUT2D eigenvalue weighted by atomic mass is 9.89. The molecule has 2 unspecified atom stereocenters. The van der Waals surface area contributed by atoms with Crippen LogP contribution in [-0.4, -0.2) is 25.3 Å². The molecule has 0 aliphatic heterocycles. The number of hydrogen-bond donors (Lipinski definition) is 1. The van der Waals surface area contributed by atoms with Crippen molar-refractivity contribution in [1.29, 1.82) is 0 Å². The van der Waals surface area contributed by atoms with E-state index in [9.17, 15) is 0 Å². The van der Waals surface area contributed by atoms with E-state index < -0.39 is 0 Å². The smallest absolute Gasteiger partial charge is 0.0594 e. The van der Waals surface area contributed by atoms with Gasteiger partial charge in [-0.15, -0.1) is 0 Å². The summed E-state index contributed by atoms with van der Waals surface area (Å²) in [6, 6.07) is 0.776. The van der Waals surface area contributed by atoms with Crippen molar-refractivity contribution in [1.82, 2.24) is 5.32 Å². The summed E-state index contributed by atoms with van der Waals surface area (Å²) in [5, 5.41) is 3.65. The van der Waals surface area contributed by atoms with E-state index in [-0.39, 0.29) is 0 Å². The molecule has 0 aromatic heterocycles. The van der Waals surface area contributed by atoms with Crippen LogP contribution >= 0.6 is 0 Å². The van der Waals surface area contributed by atoms with Crippen LogP contribution in [0.4, 0.5) is 0 Å². The second-order valence-corrected chi connectivity index (χ2v) is 6.05. The average molecular weight is 239 g/mol. The van der Waals surface area contributed by atoms with E-state index in [1.165, 1.54) is 57.8 Å². The van der Waals surface area contributed by atoms with Gasteiger partial charge >= 0.3 is 0 Å². The summed E-state index contributed by atoms with van der Waals surface area (Å²) in [6.45, 7) is 4.32. The molecule has 0 spiro atoms. The molecule has 0 heterocycles. The first kappa shape index (κ1) is 13.4. The molecule has 1 N–H and O–H groups in total. The third-order valence-electron chi connectivity index (χ3n) is 4.38. The Bertz CT molecular complexity index is 201. The first-order valence-corrected chi connectivity index (χ1v) is 7.69. The van der Waals surface area contributed by atoms with Crippen molar-refractivity contribution in [3.05, 3.63) is 0 Å². The summed E-state index contributed by atoms with van der Waals surface area (Å²) in [6.07, 6.45) is 12.9. The molecule has 0 bridgehead atoms. The van der Waals surface area contributed by atoms with Crippen LogP contribution in [0.15, 0.2) is 0 Å². The zero-order chi connectivity index (χ0) is 11.9. The Morgan fingerprint density at radius 1 is 1.00 bits per heavy atom. The number of ether oxygens (including phenoxy) is 1. The minimum atomic E-state index is 0.548. The third-order valence-corrected chi connectivity index (χ3v) is 4.38. The van der Waals surface area contributed by atoms with Crippen LogP contribution < -0.4 is 5.32 Å². The SMILES string of the molecule is CC1CCCC(OCCNC2CCCCC2)C1.